The smallest absolute Gasteiger partial charge is 0.0733 e. The van der Waals surface area contributed by atoms with E-state index < -0.39 is 0 Å². The van der Waals surface area contributed by atoms with Crippen molar-refractivity contribution in [3.63, 3.8) is 0 Å². The maximum atomic E-state index is 5.91. The van der Waals surface area contributed by atoms with Crippen molar-refractivity contribution in [1.82, 2.24) is 10.3 Å². The zero-order chi connectivity index (χ0) is 13.5. The first-order valence-electron chi connectivity index (χ1n) is 7.54. The fraction of sp³-hybridized carbons (Fsp3) is 0.471. The van der Waals surface area contributed by atoms with Gasteiger partial charge in [0.15, 0.2) is 0 Å². The number of nitrogens with zero attached hydrogens (tertiary/aromatic N) is 1. The monoisotopic (exact) mass is 268 g/mol. The third-order valence-electron chi connectivity index (χ3n) is 4.59. The molecule has 1 aromatic carbocycles. The molecule has 2 aliphatic rings. The number of hydrogen-bond acceptors (Lipinski definition) is 3. The molecule has 2 fully saturated rings. The van der Waals surface area contributed by atoms with E-state index in [-0.39, 0.29) is 0 Å². The first-order chi connectivity index (χ1) is 9.79. The molecule has 2 bridgehead atoms. The van der Waals surface area contributed by atoms with Gasteiger partial charge in [-0.1, -0.05) is 18.2 Å². The van der Waals surface area contributed by atoms with E-state index in [2.05, 4.69) is 47.6 Å². The fourth-order valence-corrected chi connectivity index (χ4v) is 3.63. The number of hydrogen-bond donors (Lipinski definition) is 1. The summed E-state index contributed by atoms with van der Waals surface area (Å²) in [7, 11) is 0. The molecular formula is C17H20N2O. The molecule has 3 heteroatoms. The van der Waals surface area contributed by atoms with Crippen LogP contribution in [0.15, 0.2) is 30.3 Å². The molecule has 2 aliphatic heterocycles. The van der Waals surface area contributed by atoms with Crippen LogP contribution >= 0.6 is 0 Å². The Bertz CT molecular complexity index is 640. The summed E-state index contributed by atoms with van der Waals surface area (Å²) in [6, 6.07) is 11.1. The van der Waals surface area contributed by atoms with Crippen LogP contribution in [0.4, 0.5) is 0 Å². The van der Waals surface area contributed by atoms with Crippen LogP contribution in [0, 0.1) is 6.92 Å². The third kappa shape index (κ3) is 2.11. The van der Waals surface area contributed by atoms with Gasteiger partial charge >= 0.3 is 0 Å². The highest BCUT2D eigenvalue weighted by Crippen LogP contribution is 2.34. The van der Waals surface area contributed by atoms with E-state index in [0.29, 0.717) is 18.2 Å². The topological polar surface area (TPSA) is 34.1 Å². The molecular weight excluding hydrogens is 248 g/mol. The van der Waals surface area contributed by atoms with Crippen molar-refractivity contribution >= 4 is 10.9 Å². The van der Waals surface area contributed by atoms with Crippen LogP contribution in [0.3, 0.4) is 0 Å². The Morgan fingerprint density at radius 2 is 2.20 bits per heavy atom. The van der Waals surface area contributed by atoms with Crippen molar-refractivity contribution in [1.29, 1.82) is 0 Å². The van der Waals surface area contributed by atoms with Gasteiger partial charge in [0.2, 0.25) is 0 Å². The Morgan fingerprint density at radius 3 is 3.00 bits per heavy atom. The number of ether oxygens (including phenoxy) is 1. The van der Waals surface area contributed by atoms with Crippen molar-refractivity contribution in [2.75, 3.05) is 0 Å². The minimum absolute atomic E-state index is 0.439. The highest BCUT2D eigenvalue weighted by Gasteiger charge is 2.40. The number of aryl methyl sites for hydroxylation is 1. The minimum Gasteiger partial charge on any atom is -0.373 e. The van der Waals surface area contributed by atoms with Gasteiger partial charge in [0, 0.05) is 23.7 Å². The zero-order valence-corrected chi connectivity index (χ0v) is 11.8. The molecule has 2 aromatic rings. The van der Waals surface area contributed by atoms with Gasteiger partial charge in [0.05, 0.1) is 17.7 Å². The number of pyridine rings is 1. The van der Waals surface area contributed by atoms with E-state index in [1.807, 2.05) is 0 Å². The standard InChI is InChI=1S/C17H20N2O/c1-11-8-12(14-4-2-3-5-15(14)19-11)10-18-16-9-13-6-7-17(16)20-13/h2-5,8,13,16-18H,6-7,9-10H2,1H3. The van der Waals surface area contributed by atoms with Crippen LogP contribution < -0.4 is 5.32 Å². The highest BCUT2D eigenvalue weighted by atomic mass is 16.5. The summed E-state index contributed by atoms with van der Waals surface area (Å²) in [5.74, 6) is 0. The van der Waals surface area contributed by atoms with Crippen LogP contribution in [0.1, 0.15) is 30.5 Å². The number of nitrogens with one attached hydrogen (secondary N) is 1. The lowest BCUT2D eigenvalue weighted by Crippen LogP contribution is -2.37. The predicted octanol–water partition coefficient (Wildman–Crippen LogP) is 2.95. The lowest BCUT2D eigenvalue weighted by Gasteiger charge is -2.20. The van der Waals surface area contributed by atoms with Crippen LogP contribution in [0.5, 0.6) is 0 Å². The lowest BCUT2D eigenvalue weighted by atomic mass is 9.95. The summed E-state index contributed by atoms with van der Waals surface area (Å²) < 4.78 is 5.91. The second kappa shape index (κ2) is 4.83. The van der Waals surface area contributed by atoms with Gasteiger partial charge < -0.3 is 10.1 Å². The van der Waals surface area contributed by atoms with Gasteiger partial charge in [-0.2, -0.15) is 0 Å². The van der Waals surface area contributed by atoms with Crippen molar-refractivity contribution in [3.8, 4) is 0 Å². The summed E-state index contributed by atoms with van der Waals surface area (Å²) in [6.45, 7) is 2.97. The molecule has 0 saturated carbocycles. The first-order valence-corrected chi connectivity index (χ1v) is 7.54. The normalized spacial score (nSPS) is 28.4. The summed E-state index contributed by atoms with van der Waals surface area (Å²) in [4.78, 5) is 4.60. The van der Waals surface area contributed by atoms with Crippen molar-refractivity contribution < 1.29 is 4.74 Å². The highest BCUT2D eigenvalue weighted by molar-refractivity contribution is 5.82. The third-order valence-corrected chi connectivity index (χ3v) is 4.59. The molecule has 2 saturated heterocycles. The summed E-state index contributed by atoms with van der Waals surface area (Å²) in [6.07, 6.45) is 4.59. The fourth-order valence-electron chi connectivity index (χ4n) is 3.63. The average molecular weight is 268 g/mol. The maximum Gasteiger partial charge on any atom is 0.0733 e. The van der Waals surface area contributed by atoms with Crippen LogP contribution in [-0.4, -0.2) is 23.2 Å². The van der Waals surface area contributed by atoms with Crippen molar-refractivity contribution in [2.24, 2.45) is 0 Å². The van der Waals surface area contributed by atoms with Crippen LogP contribution in [0.2, 0.25) is 0 Å². The Kier molecular flexibility index (Phi) is 2.97. The molecule has 1 N–H and O–H groups in total. The number of para-hydroxylation sites is 1. The molecule has 0 aliphatic carbocycles. The quantitative estimate of drug-likeness (QED) is 0.929. The second-order valence-electron chi connectivity index (χ2n) is 6.04. The molecule has 3 nitrogen and oxygen atoms in total. The Morgan fingerprint density at radius 1 is 1.30 bits per heavy atom. The second-order valence-corrected chi connectivity index (χ2v) is 6.04. The van der Waals surface area contributed by atoms with Crippen molar-refractivity contribution in [2.45, 2.75) is 51.0 Å². The van der Waals surface area contributed by atoms with E-state index in [9.17, 15) is 0 Å². The van der Waals surface area contributed by atoms with Gasteiger partial charge in [-0.15, -0.1) is 0 Å². The minimum atomic E-state index is 0.439. The first kappa shape index (κ1) is 12.3. The number of benzene rings is 1. The zero-order valence-electron chi connectivity index (χ0n) is 11.8. The van der Waals surface area contributed by atoms with Gasteiger partial charge in [-0.25, -0.2) is 0 Å². The molecule has 104 valence electrons. The SMILES string of the molecule is Cc1cc(CNC2CC3CCC2O3)c2ccccc2n1. The molecule has 0 radical (unpaired) electrons. The Hall–Kier alpha value is -1.45. The van der Waals surface area contributed by atoms with Crippen molar-refractivity contribution in [3.05, 3.63) is 41.6 Å². The van der Waals surface area contributed by atoms with Gasteiger partial charge in [0.1, 0.15) is 0 Å². The molecule has 20 heavy (non-hydrogen) atoms. The largest absolute Gasteiger partial charge is 0.373 e. The molecule has 0 amide bonds. The molecule has 3 atom stereocenters. The molecule has 1 aromatic heterocycles. The average Bonchev–Trinajstić information content (AvgIpc) is 3.07. The summed E-state index contributed by atoms with van der Waals surface area (Å²) in [5.41, 5.74) is 3.52. The number of rotatable bonds is 3. The predicted molar refractivity (Wildman–Crippen MR) is 79.6 cm³/mol. The Labute approximate surface area is 119 Å². The van der Waals surface area contributed by atoms with Crippen LogP contribution in [0.25, 0.3) is 10.9 Å². The van der Waals surface area contributed by atoms with Gasteiger partial charge in [-0.05, 0) is 43.9 Å². The maximum absolute atomic E-state index is 5.91. The molecule has 3 unspecified atom stereocenters. The number of fused-ring (bicyclic) bond motifs is 3. The van der Waals surface area contributed by atoms with E-state index in [0.717, 1.165) is 17.8 Å². The summed E-state index contributed by atoms with van der Waals surface area (Å²) in [5, 5.41) is 4.95. The van der Waals surface area contributed by atoms with Gasteiger partial charge in [0.25, 0.3) is 0 Å². The van der Waals surface area contributed by atoms with E-state index in [1.165, 1.54) is 30.2 Å². The molecule has 4 rings (SSSR count). The van der Waals surface area contributed by atoms with Crippen LogP contribution in [-0.2, 0) is 11.3 Å². The van der Waals surface area contributed by atoms with Gasteiger partial charge in [-0.3, -0.25) is 4.98 Å². The Balaban J connectivity index is 1.56. The van der Waals surface area contributed by atoms with E-state index in [1.54, 1.807) is 0 Å². The lowest BCUT2D eigenvalue weighted by molar-refractivity contribution is 0.0973. The molecule has 3 heterocycles. The summed E-state index contributed by atoms with van der Waals surface area (Å²) >= 11 is 0. The van der Waals surface area contributed by atoms with E-state index >= 15 is 0 Å². The number of aromatic nitrogens is 1. The molecule has 0 spiro atoms. The van der Waals surface area contributed by atoms with E-state index in [4.69, 9.17) is 4.74 Å².